The van der Waals surface area contributed by atoms with Crippen LogP contribution in [0.2, 0.25) is 5.02 Å². The molecule has 0 bridgehead atoms. The average Bonchev–Trinajstić information content (AvgIpc) is 3.22. The number of hydrogen-bond donors (Lipinski definition) is 1. The first-order valence-corrected chi connectivity index (χ1v) is 11.2. The summed E-state index contributed by atoms with van der Waals surface area (Å²) in [4.78, 5) is 18.4. The molecule has 1 aliphatic rings. The van der Waals surface area contributed by atoms with Crippen LogP contribution in [0, 0.1) is 20.8 Å². The van der Waals surface area contributed by atoms with E-state index < -0.39 is 6.04 Å². The molecule has 8 heteroatoms. The van der Waals surface area contributed by atoms with Crippen LogP contribution < -0.4 is 5.32 Å². The summed E-state index contributed by atoms with van der Waals surface area (Å²) >= 11 is 7.79. The maximum absolute atomic E-state index is 12.2. The van der Waals surface area contributed by atoms with Gasteiger partial charge in [0.05, 0.1) is 12.1 Å². The second kappa shape index (κ2) is 9.10. The molecule has 4 rings (SSSR count). The lowest BCUT2D eigenvalue weighted by Crippen LogP contribution is -2.21. The number of nitrogens with one attached hydrogen (secondary N) is 1. The highest BCUT2D eigenvalue weighted by molar-refractivity contribution is 7.15. The third kappa shape index (κ3) is 3.91. The van der Waals surface area contributed by atoms with Crippen molar-refractivity contribution in [2.45, 2.75) is 47.1 Å². The van der Waals surface area contributed by atoms with Gasteiger partial charge in [0.1, 0.15) is 16.9 Å². The fourth-order valence-corrected chi connectivity index (χ4v) is 4.75. The monoisotopic (exact) mass is 443 g/mol. The molecule has 0 saturated heterocycles. The van der Waals surface area contributed by atoms with E-state index in [1.54, 1.807) is 18.4 Å². The van der Waals surface area contributed by atoms with E-state index in [0.717, 1.165) is 27.7 Å². The number of aromatic nitrogens is 3. The summed E-state index contributed by atoms with van der Waals surface area (Å²) in [6, 6.07) is 7.22. The highest BCUT2D eigenvalue weighted by Crippen LogP contribution is 2.39. The van der Waals surface area contributed by atoms with Crippen LogP contribution in [-0.2, 0) is 4.79 Å². The van der Waals surface area contributed by atoms with Gasteiger partial charge in [0.15, 0.2) is 5.82 Å². The molecule has 1 unspecified atom stereocenters. The number of rotatable bonds is 3. The minimum absolute atomic E-state index is 0.0884. The highest BCUT2D eigenvalue weighted by Gasteiger charge is 2.32. The van der Waals surface area contributed by atoms with E-state index in [1.807, 2.05) is 49.6 Å². The summed E-state index contributed by atoms with van der Waals surface area (Å²) in [7, 11) is 1.63. The Morgan fingerprint density at radius 2 is 1.83 bits per heavy atom. The van der Waals surface area contributed by atoms with Gasteiger partial charge >= 0.3 is 0 Å². The first-order chi connectivity index (χ1) is 14.4. The average molecular weight is 444 g/mol. The summed E-state index contributed by atoms with van der Waals surface area (Å²) in [6.07, 6.45) is 0.207. The molecule has 0 saturated carbocycles. The molecule has 1 amide bonds. The van der Waals surface area contributed by atoms with E-state index >= 15 is 0 Å². The standard InChI is InChI=1S/C20H20ClN5OS.C2H6/c1-10-11(2)28-20-17(10)18(13-5-7-14(21)8-6-13)23-15(9-16(27)22-4)19-25-24-12(3)26(19)20;1-2/h5-8,15H,9H2,1-4H3,(H,22,27);1-2H3. The Balaban J connectivity index is 0.00000124. The van der Waals surface area contributed by atoms with Gasteiger partial charge in [0, 0.05) is 28.1 Å². The molecule has 30 heavy (non-hydrogen) atoms. The Morgan fingerprint density at radius 3 is 2.47 bits per heavy atom. The molecular formula is C22H26ClN5OS. The first-order valence-electron chi connectivity index (χ1n) is 9.97. The van der Waals surface area contributed by atoms with Crippen LogP contribution in [0.3, 0.4) is 0 Å². The smallest absolute Gasteiger partial charge is 0.222 e. The molecule has 3 heterocycles. The molecule has 6 nitrogen and oxygen atoms in total. The summed E-state index contributed by atoms with van der Waals surface area (Å²) in [5.41, 5.74) is 4.05. The molecule has 1 atom stereocenters. The minimum atomic E-state index is -0.425. The fourth-order valence-electron chi connectivity index (χ4n) is 3.41. The van der Waals surface area contributed by atoms with Gasteiger partial charge < -0.3 is 5.32 Å². The largest absolute Gasteiger partial charge is 0.359 e. The topological polar surface area (TPSA) is 72.2 Å². The van der Waals surface area contributed by atoms with Gasteiger partial charge in [0.25, 0.3) is 0 Å². The molecule has 1 aromatic carbocycles. The van der Waals surface area contributed by atoms with Gasteiger partial charge in [-0.1, -0.05) is 37.6 Å². The Kier molecular flexibility index (Phi) is 6.73. The van der Waals surface area contributed by atoms with E-state index in [9.17, 15) is 4.79 Å². The minimum Gasteiger partial charge on any atom is -0.359 e. The Bertz CT molecular complexity index is 1100. The molecule has 1 N–H and O–H groups in total. The van der Waals surface area contributed by atoms with Crippen LogP contribution >= 0.6 is 22.9 Å². The van der Waals surface area contributed by atoms with E-state index in [2.05, 4.69) is 29.4 Å². The fraction of sp³-hybridized carbons (Fsp3) is 0.364. The second-order valence-electron chi connectivity index (χ2n) is 6.78. The zero-order valence-corrected chi connectivity index (χ0v) is 19.6. The normalized spacial score (nSPS) is 14.6. The number of amides is 1. The van der Waals surface area contributed by atoms with E-state index in [4.69, 9.17) is 16.6 Å². The van der Waals surface area contributed by atoms with Crippen molar-refractivity contribution in [3.63, 3.8) is 0 Å². The number of aryl methyl sites for hydroxylation is 2. The number of carbonyl (C=O) groups excluding carboxylic acids is 1. The zero-order chi connectivity index (χ0) is 22.0. The molecule has 0 aliphatic carbocycles. The van der Waals surface area contributed by atoms with E-state index in [-0.39, 0.29) is 12.3 Å². The number of halogens is 1. The number of aliphatic imine (C=N–C) groups is 1. The maximum Gasteiger partial charge on any atom is 0.222 e. The van der Waals surface area contributed by atoms with Crippen molar-refractivity contribution in [3.05, 3.63) is 62.5 Å². The Morgan fingerprint density at radius 1 is 1.17 bits per heavy atom. The zero-order valence-electron chi connectivity index (χ0n) is 18.1. The van der Waals surface area contributed by atoms with Crippen LogP contribution in [0.15, 0.2) is 29.3 Å². The maximum atomic E-state index is 12.2. The number of carbonyl (C=O) groups is 1. The number of fused-ring (bicyclic) bond motifs is 3. The molecule has 3 aromatic rings. The lowest BCUT2D eigenvalue weighted by molar-refractivity contribution is -0.121. The molecule has 1 aliphatic heterocycles. The van der Waals surface area contributed by atoms with Gasteiger partial charge in [-0.05, 0) is 38.5 Å². The lowest BCUT2D eigenvalue weighted by atomic mass is 9.99. The number of thiophene rings is 1. The van der Waals surface area contributed by atoms with Crippen molar-refractivity contribution in [1.82, 2.24) is 20.1 Å². The lowest BCUT2D eigenvalue weighted by Gasteiger charge is -2.12. The van der Waals surface area contributed by atoms with Gasteiger partial charge in [-0.2, -0.15) is 0 Å². The van der Waals surface area contributed by atoms with Gasteiger partial charge in [-0.3, -0.25) is 14.4 Å². The third-order valence-corrected chi connectivity index (χ3v) is 6.46. The molecule has 0 radical (unpaired) electrons. The molecular weight excluding hydrogens is 418 g/mol. The molecule has 0 spiro atoms. The van der Waals surface area contributed by atoms with Crippen molar-refractivity contribution in [3.8, 4) is 5.00 Å². The Labute approximate surface area is 186 Å². The SMILES string of the molecule is CC.CNC(=O)CC1N=C(c2ccc(Cl)cc2)c2c(sc(C)c2C)-n2c(C)nnc21. The van der Waals surface area contributed by atoms with Gasteiger partial charge in [0.2, 0.25) is 5.91 Å². The molecule has 0 fully saturated rings. The van der Waals surface area contributed by atoms with Crippen LogP contribution in [-0.4, -0.2) is 33.4 Å². The van der Waals surface area contributed by atoms with Crippen molar-refractivity contribution in [2.24, 2.45) is 4.99 Å². The van der Waals surface area contributed by atoms with Crippen LogP contribution in [0.1, 0.15) is 59.5 Å². The van der Waals surface area contributed by atoms with Crippen molar-refractivity contribution in [2.75, 3.05) is 7.05 Å². The van der Waals surface area contributed by atoms with Crippen LogP contribution in [0.4, 0.5) is 0 Å². The predicted octanol–water partition coefficient (Wildman–Crippen LogP) is 4.96. The molecule has 158 valence electrons. The summed E-state index contributed by atoms with van der Waals surface area (Å²) in [5, 5.41) is 13.1. The third-order valence-electron chi connectivity index (χ3n) is 5.01. The summed E-state index contributed by atoms with van der Waals surface area (Å²) in [5.74, 6) is 1.38. The van der Waals surface area contributed by atoms with Gasteiger partial charge in [-0.25, -0.2) is 0 Å². The van der Waals surface area contributed by atoms with Crippen LogP contribution in [0.5, 0.6) is 0 Å². The second-order valence-corrected chi connectivity index (χ2v) is 8.42. The highest BCUT2D eigenvalue weighted by atomic mass is 35.5. The van der Waals surface area contributed by atoms with Crippen molar-refractivity contribution in [1.29, 1.82) is 0 Å². The Hall–Kier alpha value is -2.51. The van der Waals surface area contributed by atoms with Gasteiger partial charge in [-0.15, -0.1) is 21.5 Å². The van der Waals surface area contributed by atoms with Crippen molar-refractivity contribution < 1.29 is 4.79 Å². The number of hydrogen-bond acceptors (Lipinski definition) is 5. The number of nitrogens with zero attached hydrogens (tertiary/aromatic N) is 4. The first kappa shape index (κ1) is 22.2. The van der Waals surface area contributed by atoms with Crippen molar-refractivity contribution >= 4 is 34.6 Å². The van der Waals surface area contributed by atoms with Crippen LogP contribution in [0.25, 0.3) is 5.00 Å². The summed E-state index contributed by atoms with van der Waals surface area (Å²) < 4.78 is 2.04. The number of benzene rings is 1. The van der Waals surface area contributed by atoms with E-state index in [1.165, 1.54) is 10.4 Å². The van der Waals surface area contributed by atoms with E-state index in [0.29, 0.717) is 10.8 Å². The molecule has 2 aromatic heterocycles. The quantitative estimate of drug-likeness (QED) is 0.621. The summed E-state index contributed by atoms with van der Waals surface area (Å²) in [6.45, 7) is 10.1. The predicted molar refractivity (Wildman–Crippen MR) is 123 cm³/mol.